The molecular formula is C18H24ClF3N2O. The van der Waals surface area contributed by atoms with E-state index in [4.69, 9.17) is 0 Å². The first-order valence-corrected chi connectivity index (χ1v) is 8.55. The summed E-state index contributed by atoms with van der Waals surface area (Å²) in [4.78, 5) is 14.3. The largest absolute Gasteiger partial charge is 0.416 e. The number of nitrogens with zero attached hydrogens (tertiary/aromatic N) is 1. The molecule has 0 aromatic heterocycles. The van der Waals surface area contributed by atoms with Crippen LogP contribution in [0.15, 0.2) is 24.3 Å². The van der Waals surface area contributed by atoms with Gasteiger partial charge in [-0.3, -0.25) is 4.79 Å². The van der Waals surface area contributed by atoms with E-state index in [1.807, 2.05) is 6.92 Å². The summed E-state index contributed by atoms with van der Waals surface area (Å²) in [5, 5.41) is 3.18. The Bertz CT molecular complexity index is 600. The molecule has 0 spiro atoms. The topological polar surface area (TPSA) is 32.3 Å². The summed E-state index contributed by atoms with van der Waals surface area (Å²) in [6, 6.07) is 5.11. The average molecular weight is 377 g/mol. The highest BCUT2D eigenvalue weighted by atomic mass is 35.5. The zero-order valence-electron chi connectivity index (χ0n) is 14.2. The summed E-state index contributed by atoms with van der Waals surface area (Å²) >= 11 is 0. The lowest BCUT2D eigenvalue weighted by atomic mass is 10.0. The Balaban J connectivity index is 0.00000225. The summed E-state index contributed by atoms with van der Waals surface area (Å²) in [5.74, 6) is 0.663. The number of hydrogen-bond acceptors (Lipinski definition) is 2. The normalized spacial score (nSPS) is 18.4. The number of carbonyl (C=O) groups is 1. The molecule has 0 aliphatic heterocycles. The van der Waals surface area contributed by atoms with Gasteiger partial charge in [0.25, 0.3) is 0 Å². The lowest BCUT2D eigenvalue weighted by Crippen LogP contribution is -2.41. The van der Waals surface area contributed by atoms with Gasteiger partial charge in [-0.25, -0.2) is 0 Å². The summed E-state index contributed by atoms with van der Waals surface area (Å²) in [7, 11) is 0. The van der Waals surface area contributed by atoms with Crippen LogP contribution in [0.2, 0.25) is 0 Å². The lowest BCUT2D eigenvalue weighted by Gasteiger charge is -2.30. The first-order valence-electron chi connectivity index (χ1n) is 8.55. The van der Waals surface area contributed by atoms with Crippen molar-refractivity contribution in [2.24, 2.45) is 5.92 Å². The van der Waals surface area contributed by atoms with Crippen LogP contribution in [-0.2, 0) is 11.0 Å². The number of rotatable bonds is 7. The molecule has 1 atom stereocenters. The number of nitrogens with one attached hydrogen (secondary N) is 1. The SMILES string of the molecule is CC(c1cccc(C(F)(F)F)c1)N(C(=O)CNCC1CC1)C1CC1.Cl. The number of amides is 1. The average Bonchev–Trinajstić information content (AvgIpc) is 3.41. The third-order valence-corrected chi connectivity index (χ3v) is 4.75. The third kappa shape index (κ3) is 5.35. The van der Waals surface area contributed by atoms with E-state index >= 15 is 0 Å². The summed E-state index contributed by atoms with van der Waals surface area (Å²) in [6.07, 6.45) is -0.0758. The maximum absolute atomic E-state index is 12.9. The minimum absolute atomic E-state index is 0. The quantitative estimate of drug-likeness (QED) is 0.774. The van der Waals surface area contributed by atoms with Gasteiger partial charge in [-0.1, -0.05) is 12.1 Å². The molecule has 25 heavy (non-hydrogen) atoms. The summed E-state index contributed by atoms with van der Waals surface area (Å²) in [5.41, 5.74) is -0.130. The van der Waals surface area contributed by atoms with E-state index in [1.165, 1.54) is 18.9 Å². The van der Waals surface area contributed by atoms with Crippen LogP contribution in [0.5, 0.6) is 0 Å². The van der Waals surface area contributed by atoms with E-state index in [1.54, 1.807) is 11.0 Å². The Morgan fingerprint density at radius 2 is 1.96 bits per heavy atom. The predicted molar refractivity (Wildman–Crippen MR) is 92.6 cm³/mol. The van der Waals surface area contributed by atoms with Gasteiger partial charge in [0.15, 0.2) is 0 Å². The van der Waals surface area contributed by atoms with Gasteiger partial charge in [-0.05, 0) is 62.8 Å². The van der Waals surface area contributed by atoms with Crippen LogP contribution >= 0.6 is 12.4 Å². The molecule has 0 heterocycles. The first-order chi connectivity index (χ1) is 11.4. The second-order valence-electron chi connectivity index (χ2n) is 6.91. The van der Waals surface area contributed by atoms with Crippen molar-refractivity contribution in [2.45, 2.75) is 50.9 Å². The molecule has 2 aliphatic carbocycles. The van der Waals surface area contributed by atoms with Crippen LogP contribution in [0.1, 0.15) is 49.8 Å². The Morgan fingerprint density at radius 1 is 1.28 bits per heavy atom. The number of benzene rings is 1. The van der Waals surface area contributed by atoms with Crippen LogP contribution in [0, 0.1) is 5.92 Å². The van der Waals surface area contributed by atoms with E-state index in [0.29, 0.717) is 11.5 Å². The molecule has 3 nitrogen and oxygen atoms in total. The fourth-order valence-corrected chi connectivity index (χ4v) is 3.02. The molecule has 1 aromatic carbocycles. The fourth-order valence-electron chi connectivity index (χ4n) is 3.02. The molecule has 2 saturated carbocycles. The van der Waals surface area contributed by atoms with Crippen LogP contribution in [0.3, 0.4) is 0 Å². The van der Waals surface area contributed by atoms with E-state index in [9.17, 15) is 18.0 Å². The zero-order chi connectivity index (χ0) is 17.3. The lowest BCUT2D eigenvalue weighted by molar-refractivity contribution is -0.137. The highest BCUT2D eigenvalue weighted by Crippen LogP contribution is 2.36. The van der Waals surface area contributed by atoms with Gasteiger partial charge in [0.1, 0.15) is 0 Å². The third-order valence-electron chi connectivity index (χ3n) is 4.75. The summed E-state index contributed by atoms with van der Waals surface area (Å²) < 4.78 is 38.8. The Hall–Kier alpha value is -1.27. The molecule has 1 aromatic rings. The molecule has 2 aliphatic rings. The Kier molecular flexibility index (Phi) is 6.38. The van der Waals surface area contributed by atoms with Gasteiger partial charge in [0, 0.05) is 6.04 Å². The van der Waals surface area contributed by atoms with Gasteiger partial charge in [-0.2, -0.15) is 13.2 Å². The summed E-state index contributed by atoms with van der Waals surface area (Å²) in [6.45, 7) is 2.92. The van der Waals surface area contributed by atoms with E-state index < -0.39 is 11.7 Å². The predicted octanol–water partition coefficient (Wildman–Crippen LogP) is 4.18. The van der Waals surface area contributed by atoms with Gasteiger partial charge in [-0.15, -0.1) is 12.4 Å². The van der Waals surface area contributed by atoms with Crippen LogP contribution < -0.4 is 5.32 Å². The van der Waals surface area contributed by atoms with E-state index in [-0.39, 0.29) is 36.9 Å². The molecule has 3 rings (SSSR count). The molecule has 0 bridgehead atoms. The van der Waals surface area contributed by atoms with Crippen molar-refractivity contribution in [1.82, 2.24) is 10.2 Å². The highest BCUT2D eigenvalue weighted by molar-refractivity contribution is 5.85. The number of alkyl halides is 3. The Labute approximate surface area is 152 Å². The minimum Gasteiger partial charge on any atom is -0.332 e. The minimum atomic E-state index is -4.37. The molecule has 1 N–H and O–H groups in total. The van der Waals surface area contributed by atoms with Crippen LogP contribution in [0.4, 0.5) is 13.2 Å². The van der Waals surface area contributed by atoms with Crippen molar-refractivity contribution in [3.05, 3.63) is 35.4 Å². The maximum atomic E-state index is 12.9. The highest BCUT2D eigenvalue weighted by Gasteiger charge is 2.37. The van der Waals surface area contributed by atoms with Crippen molar-refractivity contribution in [2.75, 3.05) is 13.1 Å². The second-order valence-corrected chi connectivity index (χ2v) is 6.91. The molecule has 140 valence electrons. The molecule has 1 amide bonds. The monoisotopic (exact) mass is 376 g/mol. The molecule has 7 heteroatoms. The van der Waals surface area contributed by atoms with Crippen LogP contribution in [-0.4, -0.2) is 29.9 Å². The van der Waals surface area contributed by atoms with Crippen LogP contribution in [0.25, 0.3) is 0 Å². The van der Waals surface area contributed by atoms with Crippen molar-refractivity contribution < 1.29 is 18.0 Å². The van der Waals surface area contributed by atoms with E-state index in [0.717, 1.165) is 31.5 Å². The van der Waals surface area contributed by atoms with Gasteiger partial charge in [0.2, 0.25) is 5.91 Å². The Morgan fingerprint density at radius 3 is 2.52 bits per heavy atom. The molecule has 0 saturated heterocycles. The second kappa shape index (κ2) is 7.96. The molecule has 0 radical (unpaired) electrons. The molecule has 2 fully saturated rings. The van der Waals surface area contributed by atoms with Crippen molar-refractivity contribution in [3.63, 3.8) is 0 Å². The van der Waals surface area contributed by atoms with Crippen molar-refractivity contribution in [3.8, 4) is 0 Å². The zero-order valence-corrected chi connectivity index (χ0v) is 15.0. The first kappa shape index (κ1) is 20.0. The van der Waals surface area contributed by atoms with Gasteiger partial charge >= 0.3 is 6.18 Å². The van der Waals surface area contributed by atoms with Crippen molar-refractivity contribution in [1.29, 1.82) is 0 Å². The van der Waals surface area contributed by atoms with Gasteiger partial charge < -0.3 is 10.2 Å². The van der Waals surface area contributed by atoms with Gasteiger partial charge in [0.05, 0.1) is 18.2 Å². The number of carbonyl (C=O) groups excluding carboxylic acids is 1. The van der Waals surface area contributed by atoms with Crippen molar-refractivity contribution >= 4 is 18.3 Å². The standard InChI is InChI=1S/C18H23F3N2O.ClH/c1-12(14-3-2-4-15(9-14)18(19,20)21)23(16-7-8-16)17(24)11-22-10-13-5-6-13;/h2-4,9,12-13,16,22H,5-8,10-11H2,1H3;1H. The molecular weight excluding hydrogens is 353 g/mol. The maximum Gasteiger partial charge on any atom is 0.416 e. The number of hydrogen-bond donors (Lipinski definition) is 1. The fraction of sp³-hybridized carbons (Fsp3) is 0.611. The van der Waals surface area contributed by atoms with E-state index in [2.05, 4.69) is 5.32 Å². The number of halogens is 4. The smallest absolute Gasteiger partial charge is 0.332 e. The molecule has 1 unspecified atom stereocenters.